The Bertz CT molecular complexity index is 1960. The Morgan fingerprint density at radius 1 is 0.280 bits per heavy atom. The van der Waals surface area contributed by atoms with Crippen molar-refractivity contribution in [3.63, 3.8) is 0 Å². The molecule has 3 N–H and O–H groups in total. The van der Waals surface area contributed by atoms with Gasteiger partial charge in [-0.15, -0.1) is 0 Å². The van der Waals surface area contributed by atoms with Crippen LogP contribution in [-0.4, -0.2) is 96.7 Å². The van der Waals surface area contributed by atoms with Crippen molar-refractivity contribution in [3.8, 4) is 0 Å². The van der Waals surface area contributed by atoms with E-state index in [0.717, 1.165) is 120 Å². The van der Waals surface area contributed by atoms with Crippen LogP contribution in [0.4, 0.5) is 0 Å². The summed E-state index contributed by atoms with van der Waals surface area (Å²) in [6.45, 7) is 14.2. The van der Waals surface area contributed by atoms with Crippen LogP contribution in [0.15, 0.2) is 0 Å². The lowest BCUT2D eigenvalue weighted by Gasteiger charge is -2.21. The number of ether oxygens (including phenoxy) is 4. The van der Waals surface area contributed by atoms with E-state index in [2.05, 4.69) is 55.4 Å². The first kappa shape index (κ1) is 98.1. The molecule has 7 atom stereocenters. The molecule has 0 aromatic heterocycles. The average Bonchev–Trinajstić information content (AvgIpc) is 1.62. The maximum absolute atomic E-state index is 13.1. The van der Waals surface area contributed by atoms with E-state index < -0.39 is 97.5 Å². The highest BCUT2D eigenvalue weighted by Gasteiger charge is 2.30. The number of aliphatic hydroxyl groups is 1. The fraction of sp³-hybridized carbons (Fsp3) is 0.951. The van der Waals surface area contributed by atoms with E-state index >= 15 is 0 Å². The monoisotopic (exact) mass is 1470 g/mol. The van der Waals surface area contributed by atoms with E-state index in [1.807, 2.05) is 0 Å². The zero-order valence-corrected chi connectivity index (χ0v) is 67.6. The number of hydrogen-bond donors (Lipinski definition) is 3. The van der Waals surface area contributed by atoms with Crippen molar-refractivity contribution in [3.05, 3.63) is 0 Å². The molecule has 100 heavy (non-hydrogen) atoms. The molecule has 0 spiro atoms. The van der Waals surface area contributed by atoms with E-state index in [1.165, 1.54) is 212 Å². The minimum atomic E-state index is -4.96. The summed E-state index contributed by atoms with van der Waals surface area (Å²) >= 11 is 0. The van der Waals surface area contributed by atoms with Crippen molar-refractivity contribution < 1.29 is 80.2 Å². The molecule has 19 heteroatoms. The van der Waals surface area contributed by atoms with Crippen LogP contribution < -0.4 is 0 Å². The second-order valence-corrected chi connectivity index (χ2v) is 33.5. The van der Waals surface area contributed by atoms with Gasteiger partial charge in [0.2, 0.25) is 0 Å². The zero-order chi connectivity index (χ0) is 73.8. The molecular formula is C81H158O17P2. The Hall–Kier alpha value is -1.94. The van der Waals surface area contributed by atoms with E-state index in [4.69, 9.17) is 37.0 Å². The second kappa shape index (κ2) is 70.1. The lowest BCUT2D eigenvalue weighted by atomic mass is 9.99. The lowest BCUT2D eigenvalue weighted by molar-refractivity contribution is -0.161. The number of aliphatic hydroxyl groups excluding tert-OH is 1. The van der Waals surface area contributed by atoms with Crippen LogP contribution in [-0.2, 0) is 65.4 Å². The Kier molecular flexibility index (Phi) is 68.7. The fourth-order valence-electron chi connectivity index (χ4n) is 12.4. The first-order valence-electron chi connectivity index (χ1n) is 41.8. The summed E-state index contributed by atoms with van der Waals surface area (Å²) in [6.07, 6.45) is 57.1. The predicted octanol–water partition coefficient (Wildman–Crippen LogP) is 24.0. The van der Waals surface area contributed by atoms with Crippen molar-refractivity contribution in [1.29, 1.82) is 0 Å². The minimum absolute atomic E-state index is 0.104. The number of unbranched alkanes of at least 4 members (excludes halogenated alkanes) is 42. The molecule has 0 radical (unpaired) electrons. The molecule has 0 aliphatic rings. The molecule has 0 bridgehead atoms. The van der Waals surface area contributed by atoms with Crippen LogP contribution in [0.1, 0.15) is 415 Å². The SMILES string of the molecule is CCC(C)CCCCCCCCCCCCCCCCCCCCC(=O)O[C@H](COC(=O)CCCCCCCCC(C)CC)COP(=O)(O)OC[C@H](O)COP(=O)(O)OC[C@@H](COC(=O)CCCCCCCCCCCCCCCCC(C)C)OC(=O)CCCCCCCCCCC(C)C. The number of phosphoric acid groups is 2. The Morgan fingerprint density at radius 3 is 0.710 bits per heavy atom. The second-order valence-electron chi connectivity index (χ2n) is 30.6. The molecule has 0 rings (SSSR count). The van der Waals surface area contributed by atoms with Crippen LogP contribution in [0.2, 0.25) is 0 Å². The summed E-state index contributed by atoms with van der Waals surface area (Å²) in [6, 6.07) is 0. The van der Waals surface area contributed by atoms with Crippen molar-refractivity contribution in [2.45, 2.75) is 433 Å². The molecule has 0 saturated carbocycles. The van der Waals surface area contributed by atoms with Crippen molar-refractivity contribution in [1.82, 2.24) is 0 Å². The topological polar surface area (TPSA) is 237 Å². The minimum Gasteiger partial charge on any atom is -0.462 e. The van der Waals surface area contributed by atoms with Crippen LogP contribution >= 0.6 is 15.6 Å². The van der Waals surface area contributed by atoms with Crippen molar-refractivity contribution in [2.24, 2.45) is 23.7 Å². The van der Waals surface area contributed by atoms with E-state index in [-0.39, 0.29) is 25.7 Å². The van der Waals surface area contributed by atoms with Gasteiger partial charge in [-0.2, -0.15) is 0 Å². The molecule has 17 nitrogen and oxygen atoms in total. The molecule has 0 aromatic carbocycles. The summed E-state index contributed by atoms with van der Waals surface area (Å²) in [5, 5.41) is 10.6. The molecule has 0 fully saturated rings. The molecule has 0 saturated heterocycles. The molecular weight excluding hydrogens is 1310 g/mol. The molecule has 0 amide bonds. The number of carbonyl (C=O) groups is 4. The highest BCUT2D eigenvalue weighted by molar-refractivity contribution is 7.47. The van der Waals surface area contributed by atoms with Crippen molar-refractivity contribution in [2.75, 3.05) is 39.6 Å². The van der Waals surface area contributed by atoms with Gasteiger partial charge in [0.05, 0.1) is 26.4 Å². The first-order valence-corrected chi connectivity index (χ1v) is 44.8. The third-order valence-corrected chi connectivity index (χ3v) is 21.4. The molecule has 0 heterocycles. The van der Waals surface area contributed by atoms with Gasteiger partial charge < -0.3 is 33.8 Å². The van der Waals surface area contributed by atoms with Gasteiger partial charge in [0, 0.05) is 25.7 Å². The van der Waals surface area contributed by atoms with Crippen LogP contribution in [0, 0.1) is 23.7 Å². The molecule has 594 valence electrons. The van der Waals surface area contributed by atoms with Gasteiger partial charge in [-0.25, -0.2) is 9.13 Å². The lowest BCUT2D eigenvalue weighted by Crippen LogP contribution is -2.30. The summed E-state index contributed by atoms with van der Waals surface area (Å²) in [5.74, 6) is 1.00. The predicted molar refractivity (Wildman–Crippen MR) is 409 cm³/mol. The maximum Gasteiger partial charge on any atom is 0.472 e. The number of hydrogen-bond acceptors (Lipinski definition) is 15. The van der Waals surface area contributed by atoms with Gasteiger partial charge in [0.1, 0.15) is 19.3 Å². The summed E-state index contributed by atoms with van der Waals surface area (Å²) in [4.78, 5) is 72.9. The third-order valence-electron chi connectivity index (χ3n) is 19.5. The summed E-state index contributed by atoms with van der Waals surface area (Å²) in [7, 11) is -9.92. The van der Waals surface area contributed by atoms with Crippen LogP contribution in [0.5, 0.6) is 0 Å². The van der Waals surface area contributed by atoms with Crippen molar-refractivity contribution >= 4 is 39.5 Å². The number of carbonyl (C=O) groups excluding carboxylic acids is 4. The normalized spacial score (nSPS) is 14.6. The van der Waals surface area contributed by atoms with Gasteiger partial charge in [-0.05, 0) is 49.4 Å². The number of rotatable bonds is 78. The van der Waals surface area contributed by atoms with Gasteiger partial charge >= 0.3 is 39.5 Å². The van der Waals surface area contributed by atoms with E-state index in [1.54, 1.807) is 0 Å². The fourth-order valence-corrected chi connectivity index (χ4v) is 13.9. The smallest absolute Gasteiger partial charge is 0.462 e. The maximum atomic E-state index is 13.1. The average molecular weight is 1470 g/mol. The molecule has 0 aliphatic heterocycles. The summed E-state index contributed by atoms with van der Waals surface area (Å²) in [5.41, 5.74) is 0. The van der Waals surface area contributed by atoms with E-state index in [9.17, 15) is 43.2 Å². The van der Waals surface area contributed by atoms with Gasteiger partial charge in [0.15, 0.2) is 12.2 Å². The summed E-state index contributed by atoms with van der Waals surface area (Å²) < 4.78 is 68.6. The molecule has 0 aliphatic carbocycles. The molecule has 4 unspecified atom stereocenters. The Balaban J connectivity index is 5.16. The van der Waals surface area contributed by atoms with Crippen LogP contribution in [0.25, 0.3) is 0 Å². The molecule has 0 aromatic rings. The highest BCUT2D eigenvalue weighted by atomic mass is 31.2. The Labute approximate surface area is 613 Å². The van der Waals surface area contributed by atoms with Gasteiger partial charge in [0.25, 0.3) is 0 Å². The standard InChI is InChI=1S/C81H158O17P2/c1-9-73(7)59-51-43-35-28-24-20-15-13-11-12-14-16-22-26-30-37-47-55-63-80(85)97-77(68-92-79(84)62-54-46-40-39-44-52-60-74(8)10-2)70-96-100(89,90)94-66-75(82)65-93-99(87,88)95-69-76(98-81(86)64-56-48-38-32-31-34-42-50-58-72(5)6)67-91-78(83)61-53-45-36-29-25-21-18-17-19-23-27-33-41-49-57-71(3)4/h71-77,82H,9-70H2,1-8H3,(H,87,88)(H,89,90)/t73?,74?,75-,76-,77-/m1/s1. The van der Waals surface area contributed by atoms with Gasteiger partial charge in [-0.3, -0.25) is 37.3 Å². The quantitative estimate of drug-likeness (QED) is 0.0222. The first-order chi connectivity index (χ1) is 48.2. The van der Waals surface area contributed by atoms with E-state index in [0.29, 0.717) is 25.7 Å². The zero-order valence-electron chi connectivity index (χ0n) is 65.8. The number of esters is 4. The third kappa shape index (κ3) is 71.7. The van der Waals surface area contributed by atoms with Gasteiger partial charge in [-0.1, -0.05) is 364 Å². The van der Waals surface area contributed by atoms with Crippen LogP contribution in [0.3, 0.4) is 0 Å². The Morgan fingerprint density at radius 2 is 0.480 bits per heavy atom. The number of phosphoric ester groups is 2. The largest absolute Gasteiger partial charge is 0.472 e. The highest BCUT2D eigenvalue weighted by Crippen LogP contribution is 2.45.